The summed E-state index contributed by atoms with van der Waals surface area (Å²) in [5, 5.41) is 3.58. The van der Waals surface area contributed by atoms with Crippen LogP contribution in [0.15, 0.2) is 36.4 Å². The van der Waals surface area contributed by atoms with Crippen molar-refractivity contribution in [2.75, 3.05) is 6.54 Å². The molecule has 0 spiro atoms. The van der Waals surface area contributed by atoms with E-state index in [2.05, 4.69) is 5.32 Å². The number of hydrogen-bond donors (Lipinski definition) is 1. The third kappa shape index (κ3) is 3.17. The molecule has 0 bridgehead atoms. The van der Waals surface area contributed by atoms with E-state index in [1.807, 2.05) is 13.8 Å². The molecule has 0 aliphatic rings. The zero-order valence-corrected chi connectivity index (χ0v) is 12.1. The first-order valence-electron chi connectivity index (χ1n) is 6.47. The molecule has 4 heteroatoms. The fourth-order valence-electron chi connectivity index (χ4n) is 2.21. The summed E-state index contributed by atoms with van der Waals surface area (Å²) in [6, 6.07) is 8.53. The summed E-state index contributed by atoms with van der Waals surface area (Å²) in [5.74, 6) is -0.720. The van der Waals surface area contributed by atoms with E-state index in [0.717, 1.165) is 5.56 Å². The van der Waals surface area contributed by atoms with Crippen LogP contribution >= 0.6 is 11.6 Å². The minimum atomic E-state index is -0.469. The van der Waals surface area contributed by atoms with Gasteiger partial charge < -0.3 is 5.32 Å². The summed E-state index contributed by atoms with van der Waals surface area (Å²) < 4.78 is 27.5. The highest BCUT2D eigenvalue weighted by molar-refractivity contribution is 6.31. The smallest absolute Gasteiger partial charge is 0.128 e. The van der Waals surface area contributed by atoms with Gasteiger partial charge in [-0.15, -0.1) is 0 Å². The molecule has 0 aliphatic heterocycles. The van der Waals surface area contributed by atoms with Gasteiger partial charge in [-0.05, 0) is 43.3 Å². The lowest BCUT2D eigenvalue weighted by Crippen LogP contribution is -2.23. The van der Waals surface area contributed by atoms with E-state index in [9.17, 15) is 8.78 Å². The summed E-state index contributed by atoms with van der Waals surface area (Å²) >= 11 is 6.14. The highest BCUT2D eigenvalue weighted by Crippen LogP contribution is 2.31. The molecule has 1 atom stereocenters. The van der Waals surface area contributed by atoms with Crippen LogP contribution in [0.1, 0.15) is 29.7 Å². The van der Waals surface area contributed by atoms with Crippen LogP contribution < -0.4 is 5.32 Å². The Balaban J connectivity index is 2.55. The summed E-state index contributed by atoms with van der Waals surface area (Å²) in [4.78, 5) is 0. The van der Waals surface area contributed by atoms with Crippen molar-refractivity contribution in [3.05, 3.63) is 69.7 Å². The average molecular weight is 296 g/mol. The second-order valence-electron chi connectivity index (χ2n) is 4.68. The Bertz CT molecular complexity index is 562. The lowest BCUT2D eigenvalue weighted by molar-refractivity contribution is 0.554. The van der Waals surface area contributed by atoms with Gasteiger partial charge in [-0.2, -0.15) is 0 Å². The first-order chi connectivity index (χ1) is 9.52. The van der Waals surface area contributed by atoms with Gasteiger partial charge in [-0.25, -0.2) is 8.78 Å². The van der Waals surface area contributed by atoms with Gasteiger partial charge in [0.15, 0.2) is 0 Å². The van der Waals surface area contributed by atoms with Crippen molar-refractivity contribution in [1.82, 2.24) is 5.32 Å². The first kappa shape index (κ1) is 14.9. The Kier molecular flexibility index (Phi) is 4.73. The second kappa shape index (κ2) is 6.33. The lowest BCUT2D eigenvalue weighted by Gasteiger charge is -2.21. The van der Waals surface area contributed by atoms with E-state index in [0.29, 0.717) is 22.7 Å². The Morgan fingerprint density at radius 2 is 1.85 bits per heavy atom. The second-order valence-corrected chi connectivity index (χ2v) is 5.09. The number of benzene rings is 2. The average Bonchev–Trinajstić information content (AvgIpc) is 2.42. The van der Waals surface area contributed by atoms with Crippen LogP contribution in [0.2, 0.25) is 5.02 Å². The number of halogens is 3. The number of nitrogens with one attached hydrogen (secondary N) is 1. The monoisotopic (exact) mass is 295 g/mol. The third-order valence-corrected chi connectivity index (χ3v) is 3.48. The molecule has 1 N–H and O–H groups in total. The van der Waals surface area contributed by atoms with E-state index in [1.165, 1.54) is 24.3 Å². The number of aryl methyl sites for hydroxylation is 1. The van der Waals surface area contributed by atoms with Gasteiger partial charge in [0.2, 0.25) is 0 Å². The molecule has 20 heavy (non-hydrogen) atoms. The van der Waals surface area contributed by atoms with E-state index in [1.54, 1.807) is 12.1 Å². The van der Waals surface area contributed by atoms with Gasteiger partial charge >= 0.3 is 0 Å². The zero-order chi connectivity index (χ0) is 14.7. The first-order valence-corrected chi connectivity index (χ1v) is 6.85. The van der Waals surface area contributed by atoms with Gasteiger partial charge in [0.1, 0.15) is 11.6 Å². The van der Waals surface area contributed by atoms with Crippen LogP contribution in [-0.2, 0) is 0 Å². The Morgan fingerprint density at radius 3 is 2.55 bits per heavy atom. The van der Waals surface area contributed by atoms with Crippen molar-refractivity contribution < 1.29 is 8.78 Å². The van der Waals surface area contributed by atoms with Gasteiger partial charge in [0, 0.05) is 10.6 Å². The maximum atomic E-state index is 14.1. The quantitative estimate of drug-likeness (QED) is 0.867. The van der Waals surface area contributed by atoms with Crippen LogP contribution in [-0.4, -0.2) is 6.54 Å². The maximum absolute atomic E-state index is 14.1. The minimum Gasteiger partial charge on any atom is -0.306 e. The number of rotatable bonds is 4. The van der Waals surface area contributed by atoms with Gasteiger partial charge in [0.25, 0.3) is 0 Å². The molecule has 2 aromatic carbocycles. The molecule has 1 unspecified atom stereocenters. The minimum absolute atomic E-state index is 0.332. The highest BCUT2D eigenvalue weighted by atomic mass is 35.5. The van der Waals surface area contributed by atoms with Crippen LogP contribution in [0.25, 0.3) is 0 Å². The molecular formula is C16H16ClF2N. The topological polar surface area (TPSA) is 12.0 Å². The summed E-state index contributed by atoms with van der Waals surface area (Å²) in [7, 11) is 0. The van der Waals surface area contributed by atoms with Crippen molar-refractivity contribution in [3.63, 3.8) is 0 Å². The molecule has 106 valence electrons. The van der Waals surface area contributed by atoms with Crippen LogP contribution in [0.4, 0.5) is 8.78 Å². The van der Waals surface area contributed by atoms with Crippen molar-refractivity contribution in [3.8, 4) is 0 Å². The Morgan fingerprint density at radius 1 is 1.10 bits per heavy atom. The summed E-state index contributed by atoms with van der Waals surface area (Å²) in [6.07, 6.45) is 0. The highest BCUT2D eigenvalue weighted by Gasteiger charge is 2.20. The molecule has 0 fully saturated rings. The molecule has 0 saturated heterocycles. The zero-order valence-electron chi connectivity index (χ0n) is 11.4. The molecule has 1 nitrogen and oxygen atoms in total. The van der Waals surface area contributed by atoms with Crippen LogP contribution in [0, 0.1) is 18.6 Å². The van der Waals surface area contributed by atoms with Crippen LogP contribution in [0.3, 0.4) is 0 Å². The molecule has 0 amide bonds. The molecule has 0 aliphatic carbocycles. The van der Waals surface area contributed by atoms with Crippen molar-refractivity contribution in [2.24, 2.45) is 0 Å². The summed E-state index contributed by atoms with van der Waals surface area (Å²) in [5.41, 5.74) is 1.95. The van der Waals surface area contributed by atoms with Crippen molar-refractivity contribution in [1.29, 1.82) is 0 Å². The number of hydrogen-bond acceptors (Lipinski definition) is 1. The van der Waals surface area contributed by atoms with Crippen LogP contribution in [0.5, 0.6) is 0 Å². The standard InChI is InChI=1S/C16H16ClF2N/c1-3-20-16(12-9-11(18)5-6-14(12)17)13-8-10(2)4-7-15(13)19/h4-9,16,20H,3H2,1-2H3. The van der Waals surface area contributed by atoms with Gasteiger partial charge in [-0.1, -0.05) is 36.2 Å². The molecule has 0 radical (unpaired) electrons. The fourth-order valence-corrected chi connectivity index (χ4v) is 2.44. The van der Waals surface area contributed by atoms with Gasteiger partial charge in [0.05, 0.1) is 6.04 Å². The largest absolute Gasteiger partial charge is 0.306 e. The fraction of sp³-hybridized carbons (Fsp3) is 0.250. The van der Waals surface area contributed by atoms with Crippen molar-refractivity contribution >= 4 is 11.6 Å². The van der Waals surface area contributed by atoms with E-state index >= 15 is 0 Å². The molecule has 0 saturated carbocycles. The molecule has 0 aromatic heterocycles. The molecule has 2 aromatic rings. The normalized spacial score (nSPS) is 12.4. The molecule has 0 heterocycles. The predicted molar refractivity (Wildman–Crippen MR) is 78.1 cm³/mol. The third-order valence-electron chi connectivity index (χ3n) is 3.14. The molecular weight excluding hydrogens is 280 g/mol. The lowest BCUT2D eigenvalue weighted by atomic mass is 9.96. The predicted octanol–water partition coefficient (Wildman–Crippen LogP) is 4.63. The van der Waals surface area contributed by atoms with E-state index in [4.69, 9.17) is 11.6 Å². The van der Waals surface area contributed by atoms with E-state index in [-0.39, 0.29) is 11.6 Å². The SMILES string of the molecule is CCNC(c1cc(C)ccc1F)c1cc(F)ccc1Cl. The Hall–Kier alpha value is -1.45. The van der Waals surface area contributed by atoms with Gasteiger partial charge in [-0.3, -0.25) is 0 Å². The van der Waals surface area contributed by atoms with E-state index < -0.39 is 6.04 Å². The maximum Gasteiger partial charge on any atom is 0.128 e. The van der Waals surface area contributed by atoms with Crippen molar-refractivity contribution in [2.45, 2.75) is 19.9 Å². The Labute approximate surface area is 122 Å². The molecule has 2 rings (SSSR count). The summed E-state index contributed by atoms with van der Waals surface area (Å²) in [6.45, 7) is 4.41.